The third-order valence-corrected chi connectivity index (χ3v) is 5.12. The highest BCUT2D eigenvalue weighted by atomic mass is 79.9. The Hall–Kier alpha value is -1.47. The third kappa shape index (κ3) is 4.28. The van der Waals surface area contributed by atoms with Gasteiger partial charge in [0.1, 0.15) is 6.54 Å². The van der Waals surface area contributed by atoms with Crippen LogP contribution in [-0.4, -0.2) is 40.8 Å². The smallest absolute Gasteiger partial charge is 0.273 e. The topological polar surface area (TPSA) is 66.8 Å². The van der Waals surface area contributed by atoms with Crippen molar-refractivity contribution in [2.24, 2.45) is 4.36 Å². The van der Waals surface area contributed by atoms with Gasteiger partial charge in [-0.1, -0.05) is 18.7 Å². The number of carbonyl (C=O) groups is 2. The van der Waals surface area contributed by atoms with E-state index in [0.29, 0.717) is 9.37 Å². The molecule has 0 heterocycles. The van der Waals surface area contributed by atoms with Crippen LogP contribution in [0.2, 0.25) is 0 Å². The number of nitrogens with zero attached hydrogens (tertiary/aromatic N) is 2. The SMILES string of the molecule is C=CC(=O)N(C)CC(=O)N=S(C)(=O)c1ccccc1Br. The number of rotatable bonds is 4. The Morgan fingerprint density at radius 2 is 2.05 bits per heavy atom. The predicted octanol–water partition coefficient (Wildman–Crippen LogP) is 2.08. The minimum Gasteiger partial charge on any atom is -0.333 e. The van der Waals surface area contributed by atoms with E-state index in [1.807, 2.05) is 0 Å². The van der Waals surface area contributed by atoms with Crippen LogP contribution < -0.4 is 0 Å². The molecule has 20 heavy (non-hydrogen) atoms. The third-order valence-electron chi connectivity index (χ3n) is 2.44. The molecule has 1 aromatic rings. The molecule has 0 saturated carbocycles. The van der Waals surface area contributed by atoms with Crippen LogP contribution in [0.1, 0.15) is 0 Å². The molecular formula is C13H15BrN2O3S. The molecule has 0 aromatic heterocycles. The first-order valence-corrected chi connectivity index (χ1v) is 8.36. The largest absolute Gasteiger partial charge is 0.333 e. The van der Waals surface area contributed by atoms with E-state index in [1.54, 1.807) is 24.3 Å². The van der Waals surface area contributed by atoms with Crippen molar-refractivity contribution < 1.29 is 13.8 Å². The second kappa shape index (κ2) is 6.81. The first-order chi connectivity index (χ1) is 9.27. The van der Waals surface area contributed by atoms with Gasteiger partial charge in [-0.3, -0.25) is 9.59 Å². The zero-order chi connectivity index (χ0) is 15.3. The second-order valence-corrected chi connectivity index (χ2v) is 7.20. The lowest BCUT2D eigenvalue weighted by Crippen LogP contribution is -2.30. The lowest BCUT2D eigenvalue weighted by molar-refractivity contribution is -0.129. The van der Waals surface area contributed by atoms with Gasteiger partial charge in [-0.05, 0) is 34.1 Å². The molecule has 0 aliphatic rings. The van der Waals surface area contributed by atoms with Gasteiger partial charge in [0.15, 0.2) is 0 Å². The molecule has 1 atom stereocenters. The van der Waals surface area contributed by atoms with Gasteiger partial charge in [0.2, 0.25) is 5.91 Å². The Bertz CT molecular complexity index is 663. The number of hydrogen-bond acceptors (Lipinski definition) is 3. The summed E-state index contributed by atoms with van der Waals surface area (Å²) < 4.78 is 16.9. The van der Waals surface area contributed by atoms with Gasteiger partial charge in [-0.2, -0.15) is 4.36 Å². The van der Waals surface area contributed by atoms with Crippen molar-refractivity contribution in [3.8, 4) is 0 Å². The average Bonchev–Trinajstić information content (AvgIpc) is 2.37. The first-order valence-electron chi connectivity index (χ1n) is 5.65. The summed E-state index contributed by atoms with van der Waals surface area (Å²) in [7, 11) is -1.40. The van der Waals surface area contributed by atoms with Crippen LogP contribution in [0.3, 0.4) is 0 Å². The van der Waals surface area contributed by atoms with Gasteiger partial charge < -0.3 is 4.90 Å². The molecular weight excluding hydrogens is 344 g/mol. The van der Waals surface area contributed by atoms with Crippen molar-refractivity contribution in [2.45, 2.75) is 4.90 Å². The van der Waals surface area contributed by atoms with Gasteiger partial charge in [-0.25, -0.2) is 4.21 Å². The van der Waals surface area contributed by atoms with E-state index in [9.17, 15) is 13.8 Å². The van der Waals surface area contributed by atoms with E-state index in [4.69, 9.17) is 0 Å². The number of hydrogen-bond donors (Lipinski definition) is 0. The minimum absolute atomic E-state index is 0.236. The van der Waals surface area contributed by atoms with E-state index in [2.05, 4.69) is 26.9 Å². The van der Waals surface area contributed by atoms with Gasteiger partial charge in [-0.15, -0.1) is 0 Å². The van der Waals surface area contributed by atoms with Gasteiger partial charge >= 0.3 is 0 Å². The fourth-order valence-corrected chi connectivity index (χ4v) is 3.95. The molecule has 0 N–H and O–H groups in total. The second-order valence-electron chi connectivity index (χ2n) is 4.12. The normalized spacial score (nSPS) is 13.2. The number of amides is 2. The Labute approximate surface area is 127 Å². The Morgan fingerprint density at radius 1 is 1.45 bits per heavy atom. The standard InChI is InChI=1S/C13H15BrN2O3S/c1-4-13(18)16(2)9-12(17)15-20(3,19)11-8-6-5-7-10(11)14/h4-8H,1,9H2,2-3H3. The fraction of sp³-hybridized carbons (Fsp3) is 0.231. The summed E-state index contributed by atoms with van der Waals surface area (Å²) in [5, 5.41) is 0. The molecule has 0 spiro atoms. The van der Waals surface area contributed by atoms with Crippen LogP contribution in [0.15, 0.2) is 50.7 Å². The van der Waals surface area contributed by atoms with Crippen LogP contribution in [0.4, 0.5) is 0 Å². The van der Waals surface area contributed by atoms with E-state index < -0.39 is 21.5 Å². The molecule has 1 aromatic carbocycles. The molecule has 1 unspecified atom stereocenters. The van der Waals surface area contributed by atoms with Crippen LogP contribution in [0.5, 0.6) is 0 Å². The quantitative estimate of drug-likeness (QED) is 0.773. The molecule has 0 aliphatic heterocycles. The maximum Gasteiger partial charge on any atom is 0.273 e. The van der Waals surface area contributed by atoms with E-state index in [1.165, 1.54) is 13.3 Å². The highest BCUT2D eigenvalue weighted by molar-refractivity contribution is 9.10. The average molecular weight is 359 g/mol. The molecule has 0 bridgehead atoms. The Morgan fingerprint density at radius 3 is 2.60 bits per heavy atom. The Balaban J connectivity index is 3.01. The van der Waals surface area contributed by atoms with Crippen LogP contribution in [0, 0.1) is 0 Å². The molecule has 0 aliphatic carbocycles. The summed E-state index contributed by atoms with van der Waals surface area (Å²) in [6.45, 7) is 3.09. The highest BCUT2D eigenvalue weighted by Crippen LogP contribution is 2.22. The van der Waals surface area contributed by atoms with Gasteiger partial charge in [0.05, 0.1) is 14.6 Å². The van der Waals surface area contributed by atoms with Crippen molar-refractivity contribution in [2.75, 3.05) is 19.8 Å². The molecule has 7 heteroatoms. The minimum atomic E-state index is -2.85. The number of likely N-dealkylation sites (N-methyl/N-ethyl adjacent to an activating group) is 1. The van der Waals surface area contributed by atoms with Crippen molar-refractivity contribution in [3.05, 3.63) is 41.4 Å². The van der Waals surface area contributed by atoms with Crippen LogP contribution >= 0.6 is 15.9 Å². The zero-order valence-electron chi connectivity index (χ0n) is 11.2. The zero-order valence-corrected chi connectivity index (χ0v) is 13.6. The number of halogens is 1. The maximum atomic E-state index is 12.5. The van der Waals surface area contributed by atoms with Crippen LogP contribution in [0.25, 0.3) is 0 Å². The summed E-state index contributed by atoms with van der Waals surface area (Å²) >= 11 is 3.28. The number of carbonyl (C=O) groups excluding carboxylic acids is 2. The predicted molar refractivity (Wildman–Crippen MR) is 81.7 cm³/mol. The maximum absolute atomic E-state index is 12.5. The molecule has 0 radical (unpaired) electrons. The van der Waals surface area contributed by atoms with E-state index in [-0.39, 0.29) is 6.54 Å². The summed E-state index contributed by atoms with van der Waals surface area (Å²) in [4.78, 5) is 24.7. The monoisotopic (exact) mass is 358 g/mol. The lowest BCUT2D eigenvalue weighted by Gasteiger charge is -2.12. The molecule has 1 rings (SSSR count). The van der Waals surface area contributed by atoms with Crippen LogP contribution in [-0.2, 0) is 19.3 Å². The number of benzene rings is 1. The fourth-order valence-electron chi connectivity index (χ4n) is 1.46. The summed E-state index contributed by atoms with van der Waals surface area (Å²) in [5.74, 6) is -1.01. The van der Waals surface area contributed by atoms with Crippen molar-refractivity contribution in [3.63, 3.8) is 0 Å². The summed E-state index contributed by atoms with van der Waals surface area (Å²) in [6.07, 6.45) is 2.49. The van der Waals surface area contributed by atoms with Gasteiger partial charge in [0.25, 0.3) is 5.91 Å². The molecule has 108 valence electrons. The summed E-state index contributed by atoms with van der Waals surface area (Å²) in [6, 6.07) is 6.87. The van der Waals surface area contributed by atoms with E-state index >= 15 is 0 Å². The van der Waals surface area contributed by atoms with Crippen molar-refractivity contribution in [1.29, 1.82) is 0 Å². The molecule has 0 saturated heterocycles. The van der Waals surface area contributed by atoms with E-state index in [0.717, 1.165) is 11.0 Å². The summed E-state index contributed by atoms with van der Waals surface area (Å²) in [5.41, 5.74) is 0. The Kier molecular flexibility index (Phi) is 5.64. The van der Waals surface area contributed by atoms with Crippen molar-refractivity contribution in [1.82, 2.24) is 4.90 Å². The lowest BCUT2D eigenvalue weighted by atomic mass is 10.4. The first kappa shape index (κ1) is 16.6. The highest BCUT2D eigenvalue weighted by Gasteiger charge is 2.15. The molecule has 0 fully saturated rings. The van der Waals surface area contributed by atoms with Gasteiger partial charge in [0, 0.05) is 17.8 Å². The molecule has 5 nitrogen and oxygen atoms in total. The van der Waals surface area contributed by atoms with Crippen molar-refractivity contribution >= 4 is 37.5 Å². The molecule has 2 amide bonds.